The Balaban J connectivity index is 1.72. The number of rotatable bonds is 4. The van der Waals surface area contributed by atoms with Crippen molar-refractivity contribution in [3.8, 4) is 5.75 Å². The molecule has 0 aliphatic carbocycles. The van der Waals surface area contributed by atoms with E-state index in [-0.39, 0.29) is 0 Å². The normalized spacial score (nSPS) is 10.8. The Hall–Kier alpha value is -1.86. The minimum Gasteiger partial charge on any atom is -0.494 e. The van der Waals surface area contributed by atoms with Crippen LogP contribution in [0.4, 0.5) is 5.69 Å². The van der Waals surface area contributed by atoms with Crippen molar-refractivity contribution < 1.29 is 4.74 Å². The summed E-state index contributed by atoms with van der Waals surface area (Å²) < 4.78 is 7.12. The van der Waals surface area contributed by atoms with Crippen LogP contribution < -0.4 is 10.5 Å². The molecule has 7 heteroatoms. The van der Waals surface area contributed by atoms with Crippen molar-refractivity contribution in [1.82, 2.24) is 15.0 Å². The van der Waals surface area contributed by atoms with Gasteiger partial charge in [-0.2, -0.15) is 0 Å². The zero-order valence-electron chi connectivity index (χ0n) is 10.7. The molecule has 0 saturated heterocycles. The summed E-state index contributed by atoms with van der Waals surface area (Å²) in [6.45, 7) is 0. The molecule has 5 nitrogen and oxygen atoms in total. The van der Waals surface area contributed by atoms with Crippen LogP contribution in [-0.4, -0.2) is 22.1 Å². The number of thiazole rings is 1. The van der Waals surface area contributed by atoms with Crippen LogP contribution in [-0.2, 0) is 5.75 Å². The van der Waals surface area contributed by atoms with Gasteiger partial charge in [0.1, 0.15) is 5.82 Å². The van der Waals surface area contributed by atoms with Crippen molar-refractivity contribution in [2.45, 2.75) is 10.1 Å². The van der Waals surface area contributed by atoms with Gasteiger partial charge in [-0.25, -0.2) is 15.0 Å². The Kier molecular flexibility index (Phi) is 3.70. The third kappa shape index (κ3) is 2.83. The highest BCUT2D eigenvalue weighted by Gasteiger charge is 2.06. The Bertz CT molecular complexity index is 727. The molecule has 0 bridgehead atoms. The van der Waals surface area contributed by atoms with Gasteiger partial charge in [-0.15, -0.1) is 11.3 Å². The van der Waals surface area contributed by atoms with Crippen molar-refractivity contribution in [2.24, 2.45) is 0 Å². The number of nitrogens with zero attached hydrogens (tertiary/aromatic N) is 3. The Morgan fingerprint density at radius 1 is 1.30 bits per heavy atom. The maximum Gasteiger partial charge on any atom is 0.155 e. The molecule has 0 aliphatic rings. The summed E-state index contributed by atoms with van der Waals surface area (Å²) in [5.74, 6) is 2.10. The third-order valence-corrected chi connectivity index (χ3v) is 4.79. The molecule has 1 aromatic carbocycles. The predicted molar refractivity (Wildman–Crippen MR) is 82.2 cm³/mol. The van der Waals surface area contributed by atoms with E-state index in [0.717, 1.165) is 26.1 Å². The topological polar surface area (TPSA) is 73.9 Å². The first kappa shape index (κ1) is 13.1. The lowest BCUT2D eigenvalue weighted by Gasteiger charge is -1.99. The van der Waals surface area contributed by atoms with Gasteiger partial charge in [-0.3, -0.25) is 0 Å². The van der Waals surface area contributed by atoms with Crippen LogP contribution in [0.1, 0.15) is 5.82 Å². The van der Waals surface area contributed by atoms with Crippen LogP contribution in [0.3, 0.4) is 0 Å². The van der Waals surface area contributed by atoms with Gasteiger partial charge in [-0.05, 0) is 18.2 Å². The molecule has 20 heavy (non-hydrogen) atoms. The maximum atomic E-state index is 5.77. The molecule has 102 valence electrons. The number of fused-ring (bicyclic) bond motifs is 1. The SMILES string of the molecule is COc1cnc(CSc2nc3ccc(N)cc3s2)nc1. The van der Waals surface area contributed by atoms with Crippen LogP contribution >= 0.6 is 23.1 Å². The molecule has 0 fully saturated rings. The number of hydrogen-bond acceptors (Lipinski definition) is 7. The Labute approximate surface area is 124 Å². The van der Waals surface area contributed by atoms with Gasteiger partial charge in [0.05, 0.1) is 35.5 Å². The van der Waals surface area contributed by atoms with E-state index >= 15 is 0 Å². The monoisotopic (exact) mass is 304 g/mol. The highest BCUT2D eigenvalue weighted by Crippen LogP contribution is 2.31. The van der Waals surface area contributed by atoms with E-state index in [1.54, 1.807) is 42.6 Å². The molecule has 2 aromatic heterocycles. The summed E-state index contributed by atoms with van der Waals surface area (Å²) in [5.41, 5.74) is 7.50. The zero-order chi connectivity index (χ0) is 13.9. The second-order valence-corrected chi connectivity index (χ2v) is 6.29. The lowest BCUT2D eigenvalue weighted by Crippen LogP contribution is -1.93. The van der Waals surface area contributed by atoms with Gasteiger partial charge < -0.3 is 10.5 Å². The molecule has 3 aromatic rings. The number of anilines is 1. The summed E-state index contributed by atoms with van der Waals surface area (Å²) in [6.07, 6.45) is 3.34. The molecule has 0 amide bonds. The fourth-order valence-electron chi connectivity index (χ4n) is 1.63. The number of thioether (sulfide) groups is 1. The minimum atomic E-state index is 0.661. The molecule has 0 unspecified atom stereocenters. The van der Waals surface area contributed by atoms with E-state index in [2.05, 4.69) is 15.0 Å². The van der Waals surface area contributed by atoms with Crippen molar-refractivity contribution in [1.29, 1.82) is 0 Å². The number of nitrogen functional groups attached to an aromatic ring is 1. The van der Waals surface area contributed by atoms with E-state index in [4.69, 9.17) is 10.5 Å². The van der Waals surface area contributed by atoms with Crippen molar-refractivity contribution >= 4 is 39.0 Å². The smallest absolute Gasteiger partial charge is 0.155 e. The van der Waals surface area contributed by atoms with E-state index in [0.29, 0.717) is 11.5 Å². The van der Waals surface area contributed by atoms with E-state index in [9.17, 15) is 0 Å². The number of benzene rings is 1. The molecule has 3 rings (SSSR count). The second-order valence-electron chi connectivity index (χ2n) is 4.03. The highest BCUT2D eigenvalue weighted by molar-refractivity contribution is 8.00. The molecule has 0 spiro atoms. The van der Waals surface area contributed by atoms with Gasteiger partial charge in [0.15, 0.2) is 10.1 Å². The first-order valence-electron chi connectivity index (χ1n) is 5.88. The van der Waals surface area contributed by atoms with Gasteiger partial charge in [0.25, 0.3) is 0 Å². The first-order chi connectivity index (χ1) is 9.74. The van der Waals surface area contributed by atoms with E-state index in [1.165, 1.54) is 0 Å². The van der Waals surface area contributed by atoms with Crippen molar-refractivity contribution in [3.05, 3.63) is 36.4 Å². The summed E-state index contributed by atoms with van der Waals surface area (Å²) in [6, 6.07) is 5.75. The van der Waals surface area contributed by atoms with Gasteiger partial charge in [-0.1, -0.05) is 11.8 Å². The number of ether oxygens (including phenoxy) is 1. The summed E-state index contributed by atoms with van der Waals surface area (Å²) >= 11 is 3.25. The molecule has 0 saturated carbocycles. The van der Waals surface area contributed by atoms with Crippen molar-refractivity contribution in [3.63, 3.8) is 0 Å². The molecule has 2 heterocycles. The van der Waals surface area contributed by atoms with Gasteiger partial charge in [0, 0.05) is 5.69 Å². The lowest BCUT2D eigenvalue weighted by molar-refractivity contribution is 0.410. The third-order valence-electron chi connectivity index (χ3n) is 2.63. The Morgan fingerprint density at radius 2 is 2.10 bits per heavy atom. The van der Waals surface area contributed by atoms with Gasteiger partial charge in [0.2, 0.25) is 0 Å². The first-order valence-corrected chi connectivity index (χ1v) is 7.68. The zero-order valence-corrected chi connectivity index (χ0v) is 12.4. The van der Waals surface area contributed by atoms with Crippen LogP contribution in [0.5, 0.6) is 5.75 Å². The number of aromatic nitrogens is 3. The average Bonchev–Trinajstić information content (AvgIpc) is 2.87. The quantitative estimate of drug-likeness (QED) is 0.590. The maximum absolute atomic E-state index is 5.77. The fourth-order valence-corrected chi connectivity index (χ4v) is 3.62. The van der Waals surface area contributed by atoms with Crippen LogP contribution in [0.15, 0.2) is 34.9 Å². The molecule has 0 aliphatic heterocycles. The van der Waals surface area contributed by atoms with Crippen LogP contribution in [0.2, 0.25) is 0 Å². The van der Waals surface area contributed by atoms with Crippen molar-refractivity contribution in [2.75, 3.05) is 12.8 Å². The molecule has 2 N–H and O–H groups in total. The summed E-state index contributed by atoms with van der Waals surface area (Å²) in [4.78, 5) is 13.0. The molecule has 0 radical (unpaired) electrons. The second kappa shape index (κ2) is 5.64. The van der Waals surface area contributed by atoms with E-state index in [1.807, 2.05) is 18.2 Å². The van der Waals surface area contributed by atoms with E-state index < -0.39 is 0 Å². The summed E-state index contributed by atoms with van der Waals surface area (Å²) in [7, 11) is 1.60. The average molecular weight is 304 g/mol. The molecule has 0 atom stereocenters. The van der Waals surface area contributed by atoms with Gasteiger partial charge >= 0.3 is 0 Å². The standard InChI is InChI=1S/C13H12N4OS2/c1-18-9-5-15-12(16-6-9)7-19-13-17-10-3-2-8(14)4-11(10)20-13/h2-6H,7,14H2,1H3. The molecular weight excluding hydrogens is 292 g/mol. The predicted octanol–water partition coefficient (Wildman–Crippen LogP) is 2.97. The number of methoxy groups -OCH3 is 1. The number of nitrogens with two attached hydrogens (primary N) is 1. The summed E-state index contributed by atoms with van der Waals surface area (Å²) in [5, 5.41) is 0. The highest BCUT2D eigenvalue weighted by atomic mass is 32.2. The van der Waals surface area contributed by atoms with Crippen LogP contribution in [0.25, 0.3) is 10.2 Å². The molecular formula is C13H12N4OS2. The number of hydrogen-bond donors (Lipinski definition) is 1. The lowest BCUT2D eigenvalue weighted by atomic mass is 10.3. The fraction of sp³-hybridized carbons (Fsp3) is 0.154. The Morgan fingerprint density at radius 3 is 2.85 bits per heavy atom. The minimum absolute atomic E-state index is 0.661. The largest absolute Gasteiger partial charge is 0.494 e. The van der Waals surface area contributed by atoms with Crippen LogP contribution in [0, 0.1) is 0 Å².